The topological polar surface area (TPSA) is 78.4 Å². The standard InChI is InChI=1S/C16H24N4O3/c1-11-7-19(16(23)17-15(11)22)10-14(21)18-8-13(9-18)20-6-4-3-5-12(20)2/h7,12-13H,3-6,8-10H2,1-2H3,(H,17,22,23)/t12-/m0/s1. The number of piperidine rings is 1. The van der Waals surface area contributed by atoms with E-state index >= 15 is 0 Å². The van der Waals surface area contributed by atoms with E-state index in [0.29, 0.717) is 17.6 Å². The lowest BCUT2D eigenvalue weighted by Crippen LogP contribution is -2.64. The molecule has 0 bridgehead atoms. The van der Waals surface area contributed by atoms with Crippen LogP contribution in [0.4, 0.5) is 0 Å². The van der Waals surface area contributed by atoms with Crippen LogP contribution in [-0.4, -0.2) is 57.0 Å². The van der Waals surface area contributed by atoms with Crippen molar-refractivity contribution >= 4 is 5.91 Å². The minimum Gasteiger partial charge on any atom is -0.338 e. The van der Waals surface area contributed by atoms with Gasteiger partial charge in [-0.25, -0.2) is 4.79 Å². The number of carbonyl (C=O) groups is 1. The van der Waals surface area contributed by atoms with Crippen LogP contribution in [0.2, 0.25) is 0 Å². The summed E-state index contributed by atoms with van der Waals surface area (Å²) in [6.07, 6.45) is 5.21. The highest BCUT2D eigenvalue weighted by Gasteiger charge is 2.37. The van der Waals surface area contributed by atoms with Gasteiger partial charge in [0, 0.05) is 36.9 Å². The van der Waals surface area contributed by atoms with Crippen molar-refractivity contribution in [2.45, 2.75) is 51.7 Å². The molecule has 0 saturated carbocycles. The summed E-state index contributed by atoms with van der Waals surface area (Å²) < 4.78 is 1.27. The molecule has 3 heterocycles. The normalized spacial score (nSPS) is 22.9. The summed E-state index contributed by atoms with van der Waals surface area (Å²) in [6, 6.07) is 1.04. The monoisotopic (exact) mass is 320 g/mol. The Hall–Kier alpha value is -1.89. The second-order valence-corrected chi connectivity index (χ2v) is 6.73. The Bertz CT molecular complexity index is 702. The molecule has 0 aliphatic carbocycles. The first-order valence-electron chi connectivity index (χ1n) is 8.29. The van der Waals surface area contributed by atoms with Crippen LogP contribution in [0.3, 0.4) is 0 Å². The van der Waals surface area contributed by atoms with Gasteiger partial charge in [-0.05, 0) is 33.2 Å². The van der Waals surface area contributed by atoms with Crippen LogP contribution < -0.4 is 11.2 Å². The number of hydrogen-bond donors (Lipinski definition) is 1. The van der Waals surface area contributed by atoms with E-state index in [1.165, 1.54) is 30.0 Å². The molecule has 1 amide bonds. The fraction of sp³-hybridized carbons (Fsp3) is 0.688. The van der Waals surface area contributed by atoms with Gasteiger partial charge in [-0.2, -0.15) is 0 Å². The van der Waals surface area contributed by atoms with E-state index in [0.717, 1.165) is 19.6 Å². The Kier molecular flexibility index (Phi) is 4.39. The number of amides is 1. The molecule has 1 atom stereocenters. The maximum absolute atomic E-state index is 12.3. The van der Waals surface area contributed by atoms with E-state index in [1.807, 2.05) is 0 Å². The maximum atomic E-state index is 12.3. The maximum Gasteiger partial charge on any atom is 0.328 e. The van der Waals surface area contributed by atoms with E-state index in [9.17, 15) is 14.4 Å². The average Bonchev–Trinajstić information content (AvgIpc) is 2.45. The van der Waals surface area contributed by atoms with Crippen molar-refractivity contribution in [2.75, 3.05) is 19.6 Å². The van der Waals surface area contributed by atoms with E-state index in [1.54, 1.807) is 11.8 Å². The van der Waals surface area contributed by atoms with Crippen molar-refractivity contribution in [1.29, 1.82) is 0 Å². The van der Waals surface area contributed by atoms with Crippen LogP contribution in [0.1, 0.15) is 31.7 Å². The quantitative estimate of drug-likeness (QED) is 0.846. The van der Waals surface area contributed by atoms with Gasteiger partial charge in [-0.3, -0.25) is 24.0 Å². The third kappa shape index (κ3) is 3.24. The molecular weight excluding hydrogens is 296 g/mol. The Morgan fingerprint density at radius 3 is 2.74 bits per heavy atom. The first kappa shape index (κ1) is 16.0. The van der Waals surface area contributed by atoms with Gasteiger partial charge < -0.3 is 4.90 Å². The van der Waals surface area contributed by atoms with Gasteiger partial charge in [0.05, 0.1) is 0 Å². The summed E-state index contributed by atoms with van der Waals surface area (Å²) in [5.74, 6) is -0.0699. The molecule has 0 radical (unpaired) electrons. The van der Waals surface area contributed by atoms with E-state index < -0.39 is 11.2 Å². The summed E-state index contributed by atoms with van der Waals surface area (Å²) in [5.41, 5.74) is -0.501. The molecule has 1 aromatic rings. The summed E-state index contributed by atoms with van der Waals surface area (Å²) in [6.45, 7) is 6.45. The van der Waals surface area contributed by atoms with Gasteiger partial charge in [0.2, 0.25) is 5.91 Å². The lowest BCUT2D eigenvalue weighted by Gasteiger charge is -2.49. The highest BCUT2D eigenvalue weighted by Crippen LogP contribution is 2.24. The largest absolute Gasteiger partial charge is 0.338 e. The summed E-state index contributed by atoms with van der Waals surface area (Å²) >= 11 is 0. The minimum atomic E-state index is -0.532. The molecule has 7 heteroatoms. The van der Waals surface area contributed by atoms with Gasteiger partial charge in [0.1, 0.15) is 6.54 Å². The van der Waals surface area contributed by atoms with Crippen molar-refractivity contribution in [3.05, 3.63) is 32.6 Å². The highest BCUT2D eigenvalue weighted by atomic mass is 16.2. The number of likely N-dealkylation sites (tertiary alicyclic amines) is 2. The highest BCUT2D eigenvalue weighted by molar-refractivity contribution is 5.77. The number of aromatic nitrogens is 2. The van der Waals surface area contributed by atoms with Gasteiger partial charge in [0.15, 0.2) is 0 Å². The number of nitrogens with one attached hydrogen (secondary N) is 1. The second-order valence-electron chi connectivity index (χ2n) is 6.73. The zero-order chi connectivity index (χ0) is 16.6. The average molecular weight is 320 g/mol. The molecule has 7 nitrogen and oxygen atoms in total. The number of aromatic amines is 1. The van der Waals surface area contributed by atoms with Crippen molar-refractivity contribution in [3.8, 4) is 0 Å². The number of H-pyrrole nitrogens is 1. The second kappa shape index (κ2) is 6.31. The number of hydrogen-bond acceptors (Lipinski definition) is 4. The first-order chi connectivity index (χ1) is 11.0. The Balaban J connectivity index is 1.58. The molecule has 2 saturated heterocycles. The molecule has 2 fully saturated rings. The van der Waals surface area contributed by atoms with Crippen LogP contribution in [0.15, 0.2) is 15.8 Å². The number of aryl methyl sites for hydroxylation is 1. The third-order valence-electron chi connectivity index (χ3n) is 5.03. The summed E-state index contributed by atoms with van der Waals surface area (Å²) in [4.78, 5) is 41.9. The lowest BCUT2D eigenvalue weighted by atomic mass is 9.97. The molecule has 23 heavy (non-hydrogen) atoms. The van der Waals surface area contributed by atoms with E-state index in [-0.39, 0.29) is 12.5 Å². The molecule has 0 unspecified atom stereocenters. The molecule has 126 valence electrons. The van der Waals surface area contributed by atoms with Crippen LogP contribution in [0.25, 0.3) is 0 Å². The summed E-state index contributed by atoms with van der Waals surface area (Å²) in [7, 11) is 0. The van der Waals surface area contributed by atoms with Gasteiger partial charge in [-0.1, -0.05) is 6.42 Å². The van der Waals surface area contributed by atoms with Gasteiger partial charge >= 0.3 is 5.69 Å². The van der Waals surface area contributed by atoms with Crippen molar-refractivity contribution < 1.29 is 4.79 Å². The minimum absolute atomic E-state index is 0.0152. The molecule has 2 aliphatic heterocycles. The van der Waals surface area contributed by atoms with Crippen molar-refractivity contribution in [3.63, 3.8) is 0 Å². The van der Waals surface area contributed by atoms with E-state index in [4.69, 9.17) is 0 Å². The SMILES string of the molecule is Cc1cn(CC(=O)N2CC(N3CCCC[C@@H]3C)C2)c(=O)[nH]c1=O. The van der Waals surface area contributed by atoms with Crippen molar-refractivity contribution in [1.82, 2.24) is 19.4 Å². The Morgan fingerprint density at radius 2 is 2.04 bits per heavy atom. The van der Waals surface area contributed by atoms with Crippen LogP contribution >= 0.6 is 0 Å². The zero-order valence-corrected chi connectivity index (χ0v) is 13.7. The Morgan fingerprint density at radius 1 is 1.30 bits per heavy atom. The van der Waals surface area contributed by atoms with Gasteiger partial charge in [0.25, 0.3) is 5.56 Å². The Labute approximate surface area is 134 Å². The smallest absolute Gasteiger partial charge is 0.328 e. The number of nitrogens with zero attached hydrogens (tertiary/aromatic N) is 3. The van der Waals surface area contributed by atoms with Gasteiger partial charge in [-0.15, -0.1) is 0 Å². The first-order valence-corrected chi connectivity index (χ1v) is 8.29. The van der Waals surface area contributed by atoms with Crippen LogP contribution in [0.5, 0.6) is 0 Å². The predicted molar refractivity (Wildman–Crippen MR) is 86.4 cm³/mol. The summed E-state index contributed by atoms with van der Waals surface area (Å²) in [5, 5.41) is 0. The van der Waals surface area contributed by atoms with Crippen molar-refractivity contribution in [2.24, 2.45) is 0 Å². The zero-order valence-electron chi connectivity index (χ0n) is 13.7. The number of rotatable bonds is 3. The molecular formula is C16H24N4O3. The molecule has 1 N–H and O–H groups in total. The lowest BCUT2D eigenvalue weighted by molar-refractivity contribution is -0.140. The molecule has 0 spiro atoms. The van der Waals surface area contributed by atoms with Crippen LogP contribution in [0, 0.1) is 6.92 Å². The molecule has 2 aliphatic rings. The van der Waals surface area contributed by atoms with E-state index in [2.05, 4.69) is 16.8 Å². The predicted octanol–water partition coefficient (Wildman–Crippen LogP) is -0.0698. The molecule has 1 aromatic heterocycles. The fourth-order valence-electron chi connectivity index (χ4n) is 3.51. The molecule has 3 rings (SSSR count). The molecule has 0 aromatic carbocycles. The fourth-order valence-corrected chi connectivity index (χ4v) is 3.51. The van der Waals surface area contributed by atoms with Crippen LogP contribution in [-0.2, 0) is 11.3 Å². The number of carbonyl (C=O) groups excluding carboxylic acids is 1. The third-order valence-corrected chi connectivity index (χ3v) is 5.03.